The second-order valence-electron chi connectivity index (χ2n) is 4.26. The number of hydrogen-bond donors (Lipinski definition) is 1. The Morgan fingerprint density at radius 2 is 1.71 bits per heavy atom. The van der Waals surface area contributed by atoms with E-state index in [2.05, 4.69) is 15.9 Å². The van der Waals surface area contributed by atoms with Gasteiger partial charge in [-0.25, -0.2) is 0 Å². The number of aliphatic hydroxyl groups excluding tert-OH is 1. The maximum absolute atomic E-state index is 10.2. The molecule has 0 spiro atoms. The molecule has 96 valence electrons. The lowest BCUT2D eigenvalue weighted by Gasteiger charge is -2.23. The van der Waals surface area contributed by atoms with E-state index in [0.29, 0.717) is 0 Å². The van der Waals surface area contributed by atoms with Crippen molar-refractivity contribution < 1.29 is 9.84 Å². The summed E-state index contributed by atoms with van der Waals surface area (Å²) in [5, 5.41) is 9.83. The summed E-state index contributed by atoms with van der Waals surface area (Å²) in [4.78, 5) is 0. The van der Waals surface area contributed by atoms with Crippen molar-refractivity contribution in [1.29, 1.82) is 0 Å². The maximum atomic E-state index is 10.2. The highest BCUT2D eigenvalue weighted by atomic mass is 79.9. The van der Waals surface area contributed by atoms with Gasteiger partial charge in [0.2, 0.25) is 0 Å². The Kier molecular flexibility index (Phi) is 4.87. The SMILES string of the molecule is COc1c(C)c(C)c(Br)c(C)c1C(O)C(C)Cl. The van der Waals surface area contributed by atoms with Gasteiger partial charge < -0.3 is 9.84 Å². The number of methoxy groups -OCH3 is 1. The highest BCUT2D eigenvalue weighted by Gasteiger charge is 2.25. The van der Waals surface area contributed by atoms with Crippen molar-refractivity contribution in [2.75, 3.05) is 7.11 Å². The average molecular weight is 322 g/mol. The molecule has 0 aliphatic rings. The zero-order chi connectivity index (χ0) is 13.3. The predicted octanol–water partition coefficient (Wildman–Crippen LogP) is 4.04. The van der Waals surface area contributed by atoms with Crippen LogP contribution in [0.25, 0.3) is 0 Å². The van der Waals surface area contributed by atoms with E-state index in [-0.39, 0.29) is 5.38 Å². The van der Waals surface area contributed by atoms with Crippen LogP contribution in [0.2, 0.25) is 0 Å². The van der Waals surface area contributed by atoms with E-state index in [1.165, 1.54) is 0 Å². The van der Waals surface area contributed by atoms with Crippen molar-refractivity contribution in [1.82, 2.24) is 0 Å². The Hall–Kier alpha value is -0.250. The normalized spacial score (nSPS) is 14.6. The second-order valence-corrected chi connectivity index (χ2v) is 5.74. The largest absolute Gasteiger partial charge is 0.496 e. The van der Waals surface area contributed by atoms with Crippen molar-refractivity contribution >= 4 is 27.5 Å². The Morgan fingerprint density at radius 1 is 1.18 bits per heavy atom. The lowest BCUT2D eigenvalue weighted by atomic mass is 9.94. The molecule has 2 atom stereocenters. The molecule has 2 nitrogen and oxygen atoms in total. The Labute approximate surface area is 116 Å². The molecule has 1 rings (SSSR count). The van der Waals surface area contributed by atoms with Gasteiger partial charge in [-0.3, -0.25) is 0 Å². The van der Waals surface area contributed by atoms with Gasteiger partial charge in [-0.1, -0.05) is 15.9 Å². The molecule has 1 aromatic carbocycles. The third-order valence-corrected chi connectivity index (χ3v) is 4.57. The van der Waals surface area contributed by atoms with Crippen LogP contribution in [0.4, 0.5) is 0 Å². The number of ether oxygens (including phenoxy) is 1. The number of hydrogen-bond acceptors (Lipinski definition) is 2. The fraction of sp³-hybridized carbons (Fsp3) is 0.538. The van der Waals surface area contributed by atoms with E-state index in [4.69, 9.17) is 16.3 Å². The van der Waals surface area contributed by atoms with Crippen LogP contribution in [0.15, 0.2) is 4.47 Å². The minimum absolute atomic E-state index is 0.364. The number of aliphatic hydroxyl groups is 1. The van der Waals surface area contributed by atoms with Crippen LogP contribution in [0.5, 0.6) is 5.75 Å². The van der Waals surface area contributed by atoms with Gasteiger partial charge >= 0.3 is 0 Å². The van der Waals surface area contributed by atoms with Crippen molar-refractivity contribution in [3.63, 3.8) is 0 Å². The molecule has 0 bridgehead atoms. The third kappa shape index (κ3) is 2.61. The summed E-state index contributed by atoms with van der Waals surface area (Å²) in [6.07, 6.45) is -0.734. The molecule has 4 heteroatoms. The molecule has 1 aromatic rings. The maximum Gasteiger partial charge on any atom is 0.128 e. The van der Waals surface area contributed by atoms with Crippen molar-refractivity contribution in [3.8, 4) is 5.75 Å². The molecule has 0 fully saturated rings. The van der Waals surface area contributed by atoms with Crippen molar-refractivity contribution in [2.45, 2.75) is 39.2 Å². The molecule has 0 saturated carbocycles. The van der Waals surface area contributed by atoms with Gasteiger partial charge in [0.15, 0.2) is 0 Å². The highest BCUT2D eigenvalue weighted by molar-refractivity contribution is 9.10. The molecule has 1 N–H and O–H groups in total. The first-order valence-electron chi connectivity index (χ1n) is 5.48. The summed E-state index contributed by atoms with van der Waals surface area (Å²) in [5.41, 5.74) is 3.89. The van der Waals surface area contributed by atoms with E-state index in [0.717, 1.165) is 32.5 Å². The zero-order valence-electron chi connectivity index (χ0n) is 10.8. The van der Waals surface area contributed by atoms with Gasteiger partial charge in [-0.05, 0) is 44.4 Å². The monoisotopic (exact) mass is 320 g/mol. The van der Waals surface area contributed by atoms with Crippen LogP contribution in [-0.4, -0.2) is 17.6 Å². The van der Waals surface area contributed by atoms with E-state index >= 15 is 0 Å². The summed E-state index contributed by atoms with van der Waals surface area (Å²) >= 11 is 9.54. The van der Waals surface area contributed by atoms with Gasteiger partial charge in [-0.2, -0.15) is 0 Å². The topological polar surface area (TPSA) is 29.5 Å². The van der Waals surface area contributed by atoms with Crippen molar-refractivity contribution in [2.24, 2.45) is 0 Å². The van der Waals surface area contributed by atoms with Gasteiger partial charge in [0.1, 0.15) is 5.75 Å². The fourth-order valence-corrected chi connectivity index (χ4v) is 2.59. The Balaban J connectivity index is 3.58. The molecular formula is C13H18BrClO2. The minimum atomic E-state index is -0.734. The van der Waals surface area contributed by atoms with Gasteiger partial charge in [0.05, 0.1) is 18.6 Å². The number of alkyl halides is 1. The average Bonchev–Trinajstić information content (AvgIpc) is 2.29. The molecule has 17 heavy (non-hydrogen) atoms. The van der Waals surface area contributed by atoms with Crippen LogP contribution >= 0.6 is 27.5 Å². The summed E-state index contributed by atoms with van der Waals surface area (Å²) in [7, 11) is 1.62. The van der Waals surface area contributed by atoms with E-state index in [1.54, 1.807) is 14.0 Å². The fourth-order valence-electron chi connectivity index (χ4n) is 1.96. The summed E-state index contributed by atoms with van der Waals surface area (Å²) < 4.78 is 6.43. The molecule has 0 heterocycles. The van der Waals surface area contributed by atoms with Gasteiger partial charge in [-0.15, -0.1) is 11.6 Å². The first kappa shape index (κ1) is 14.8. The van der Waals surface area contributed by atoms with Gasteiger partial charge in [0.25, 0.3) is 0 Å². The molecular weight excluding hydrogens is 303 g/mol. The molecule has 2 unspecified atom stereocenters. The standard InChI is InChI=1S/C13H18BrClO2/c1-6-7(2)13(17-5)10(8(3)11(6)14)12(16)9(4)15/h9,12,16H,1-5H3. The Morgan fingerprint density at radius 3 is 2.12 bits per heavy atom. The minimum Gasteiger partial charge on any atom is -0.496 e. The van der Waals surface area contributed by atoms with Crippen molar-refractivity contribution in [3.05, 3.63) is 26.7 Å². The summed E-state index contributed by atoms with van der Waals surface area (Å²) in [6, 6.07) is 0. The first-order valence-corrected chi connectivity index (χ1v) is 6.71. The second kappa shape index (κ2) is 5.59. The van der Waals surface area contributed by atoms with Crippen LogP contribution in [0, 0.1) is 20.8 Å². The number of rotatable bonds is 3. The number of benzene rings is 1. The first-order chi connectivity index (χ1) is 7.82. The van der Waals surface area contributed by atoms with E-state index in [1.807, 2.05) is 20.8 Å². The summed E-state index contributed by atoms with van der Waals surface area (Å²) in [6.45, 7) is 7.73. The van der Waals surface area contributed by atoms with Crippen LogP contribution in [0.3, 0.4) is 0 Å². The smallest absolute Gasteiger partial charge is 0.128 e. The van der Waals surface area contributed by atoms with Crippen LogP contribution in [-0.2, 0) is 0 Å². The molecule has 0 radical (unpaired) electrons. The quantitative estimate of drug-likeness (QED) is 0.851. The van der Waals surface area contributed by atoms with E-state index < -0.39 is 6.10 Å². The predicted molar refractivity (Wildman–Crippen MR) is 75.2 cm³/mol. The molecule has 0 aromatic heterocycles. The number of halogens is 2. The van der Waals surface area contributed by atoms with Crippen LogP contribution in [0.1, 0.15) is 35.3 Å². The lowest BCUT2D eigenvalue weighted by Crippen LogP contribution is -2.13. The molecule has 0 aliphatic heterocycles. The third-order valence-electron chi connectivity index (χ3n) is 3.15. The molecule has 0 amide bonds. The van der Waals surface area contributed by atoms with E-state index in [9.17, 15) is 5.11 Å². The zero-order valence-corrected chi connectivity index (χ0v) is 13.1. The summed E-state index contributed by atoms with van der Waals surface area (Å²) in [5.74, 6) is 0.725. The Bertz CT molecular complexity index is 430. The highest BCUT2D eigenvalue weighted by Crippen LogP contribution is 2.40. The van der Waals surface area contributed by atoms with Crippen LogP contribution < -0.4 is 4.74 Å². The molecule has 0 saturated heterocycles. The molecule has 0 aliphatic carbocycles. The lowest BCUT2D eigenvalue weighted by molar-refractivity contribution is 0.172. The van der Waals surface area contributed by atoms with Gasteiger partial charge in [0, 0.05) is 10.0 Å².